The van der Waals surface area contributed by atoms with E-state index in [-0.39, 0.29) is 18.2 Å². The predicted molar refractivity (Wildman–Crippen MR) is 66.3 cm³/mol. The molecule has 1 amide bonds. The molecule has 1 rings (SSSR count). The summed E-state index contributed by atoms with van der Waals surface area (Å²) in [4.78, 5) is 30.2. The fraction of sp³-hybridized carbons (Fsp3) is 0.500. The van der Waals surface area contributed by atoms with E-state index in [9.17, 15) is 9.59 Å². The zero-order chi connectivity index (χ0) is 13.8. The van der Waals surface area contributed by atoms with Crippen molar-refractivity contribution in [3.63, 3.8) is 0 Å². The van der Waals surface area contributed by atoms with Crippen LogP contribution in [0.25, 0.3) is 0 Å². The van der Waals surface area contributed by atoms with Crippen molar-refractivity contribution in [2.24, 2.45) is 0 Å². The second kappa shape index (κ2) is 5.57. The number of hydrogen-bond acceptors (Lipinski definition) is 5. The van der Waals surface area contributed by atoms with Crippen molar-refractivity contribution >= 4 is 17.8 Å². The molecule has 1 aromatic heterocycles. The van der Waals surface area contributed by atoms with E-state index < -0.39 is 11.7 Å². The van der Waals surface area contributed by atoms with E-state index in [4.69, 9.17) is 4.74 Å². The molecule has 0 aliphatic rings. The number of anilines is 1. The molecule has 0 saturated heterocycles. The maximum Gasteiger partial charge on any atom is 0.414 e. The largest absolute Gasteiger partial charge is 0.444 e. The first-order chi connectivity index (χ1) is 8.26. The molecule has 0 aromatic carbocycles. The van der Waals surface area contributed by atoms with Crippen LogP contribution in [0, 0.1) is 0 Å². The monoisotopic (exact) mass is 251 g/mol. The smallest absolute Gasteiger partial charge is 0.414 e. The van der Waals surface area contributed by atoms with Crippen molar-refractivity contribution in [3.05, 3.63) is 18.0 Å². The summed E-state index contributed by atoms with van der Waals surface area (Å²) in [5, 5.41) is 2.41. The van der Waals surface area contributed by atoms with Crippen LogP contribution in [0.2, 0.25) is 0 Å². The summed E-state index contributed by atoms with van der Waals surface area (Å²) >= 11 is 0. The molecule has 0 fully saturated rings. The van der Waals surface area contributed by atoms with E-state index >= 15 is 0 Å². The Hall–Kier alpha value is -1.98. The Balaban J connectivity index is 2.58. The van der Waals surface area contributed by atoms with E-state index in [1.54, 1.807) is 20.8 Å². The fourth-order valence-electron chi connectivity index (χ4n) is 1.19. The number of carbonyl (C=O) groups is 2. The average molecular weight is 251 g/mol. The van der Waals surface area contributed by atoms with Crippen molar-refractivity contribution in [1.82, 2.24) is 9.97 Å². The second-order valence-corrected chi connectivity index (χ2v) is 4.92. The van der Waals surface area contributed by atoms with E-state index in [0.717, 1.165) is 0 Å². The lowest BCUT2D eigenvalue weighted by molar-refractivity contribution is -0.116. The third-order valence-electron chi connectivity index (χ3n) is 1.77. The summed E-state index contributed by atoms with van der Waals surface area (Å²) in [5.74, 6) is 0.183. The molecule has 98 valence electrons. The van der Waals surface area contributed by atoms with Gasteiger partial charge in [-0.05, 0) is 33.3 Å². The van der Waals surface area contributed by atoms with Gasteiger partial charge in [-0.2, -0.15) is 0 Å². The van der Waals surface area contributed by atoms with Crippen LogP contribution in [0.3, 0.4) is 0 Å². The van der Waals surface area contributed by atoms with Crippen LogP contribution >= 0.6 is 0 Å². The molecule has 6 heteroatoms. The molecule has 0 aliphatic carbocycles. The number of amides is 1. The van der Waals surface area contributed by atoms with Gasteiger partial charge in [0.2, 0.25) is 5.95 Å². The number of nitrogens with zero attached hydrogens (tertiary/aromatic N) is 2. The molecule has 6 nitrogen and oxygen atoms in total. The van der Waals surface area contributed by atoms with Gasteiger partial charge in [0.05, 0.1) is 0 Å². The number of ether oxygens (including phenoxy) is 1. The average Bonchev–Trinajstić information content (AvgIpc) is 2.17. The molecule has 0 spiro atoms. The quantitative estimate of drug-likeness (QED) is 0.888. The zero-order valence-electron chi connectivity index (χ0n) is 11.0. The normalized spacial score (nSPS) is 10.9. The molecule has 1 N–H and O–H groups in total. The highest BCUT2D eigenvalue weighted by molar-refractivity contribution is 5.82. The number of Topliss-reactive ketones (excluding diaryl/α,β-unsaturated/α-hetero) is 1. The van der Waals surface area contributed by atoms with Crippen molar-refractivity contribution < 1.29 is 14.3 Å². The first-order valence-corrected chi connectivity index (χ1v) is 5.56. The maximum absolute atomic E-state index is 11.4. The SMILES string of the molecule is CC(=O)Cc1cnc(NC(=O)OC(C)(C)C)nc1. The number of ketones is 1. The van der Waals surface area contributed by atoms with Gasteiger partial charge in [0.25, 0.3) is 0 Å². The highest BCUT2D eigenvalue weighted by atomic mass is 16.6. The number of aromatic nitrogens is 2. The number of hydrogen-bond donors (Lipinski definition) is 1. The predicted octanol–water partition coefficient (Wildman–Crippen LogP) is 1.96. The molecule has 0 saturated carbocycles. The van der Waals surface area contributed by atoms with Gasteiger partial charge in [0.1, 0.15) is 11.4 Å². The van der Waals surface area contributed by atoms with Crippen LogP contribution in [-0.4, -0.2) is 27.4 Å². The minimum atomic E-state index is -0.609. The lowest BCUT2D eigenvalue weighted by atomic mass is 10.2. The molecule has 1 heterocycles. The van der Waals surface area contributed by atoms with Crippen LogP contribution in [0.15, 0.2) is 12.4 Å². The summed E-state index contributed by atoms with van der Waals surface area (Å²) in [6, 6.07) is 0. The highest BCUT2D eigenvalue weighted by Gasteiger charge is 2.16. The molecule has 18 heavy (non-hydrogen) atoms. The Morgan fingerprint density at radius 2 is 1.83 bits per heavy atom. The van der Waals surface area contributed by atoms with Crippen molar-refractivity contribution in [2.75, 3.05) is 5.32 Å². The Bertz CT molecular complexity index is 435. The summed E-state index contributed by atoms with van der Waals surface area (Å²) in [5.41, 5.74) is 0.135. The van der Waals surface area contributed by atoms with Crippen molar-refractivity contribution in [2.45, 2.75) is 39.7 Å². The molecule has 0 aliphatic heterocycles. The van der Waals surface area contributed by atoms with E-state index in [1.807, 2.05) is 0 Å². The van der Waals surface area contributed by atoms with Gasteiger partial charge in [-0.3, -0.25) is 10.1 Å². The number of rotatable bonds is 3. The van der Waals surface area contributed by atoms with Gasteiger partial charge in [-0.1, -0.05) is 0 Å². The Kier molecular flexibility index (Phi) is 4.36. The van der Waals surface area contributed by atoms with Gasteiger partial charge in [-0.25, -0.2) is 14.8 Å². The van der Waals surface area contributed by atoms with Crippen LogP contribution in [-0.2, 0) is 16.0 Å². The van der Waals surface area contributed by atoms with Crippen molar-refractivity contribution in [1.29, 1.82) is 0 Å². The molecule has 0 bridgehead atoms. The van der Waals surface area contributed by atoms with Crippen LogP contribution in [0.1, 0.15) is 33.3 Å². The summed E-state index contributed by atoms with van der Waals surface area (Å²) in [6.45, 7) is 6.79. The van der Waals surface area contributed by atoms with Crippen molar-refractivity contribution in [3.8, 4) is 0 Å². The minimum absolute atomic E-state index is 0.0338. The van der Waals surface area contributed by atoms with Crippen LogP contribution in [0.4, 0.5) is 10.7 Å². The maximum atomic E-state index is 11.4. The Labute approximate surface area is 106 Å². The molecule has 0 unspecified atom stereocenters. The van der Waals surface area contributed by atoms with Gasteiger partial charge >= 0.3 is 6.09 Å². The summed E-state index contributed by atoms with van der Waals surface area (Å²) in [7, 11) is 0. The van der Waals surface area contributed by atoms with E-state index in [2.05, 4.69) is 15.3 Å². The minimum Gasteiger partial charge on any atom is -0.444 e. The summed E-state index contributed by atoms with van der Waals surface area (Å²) in [6.07, 6.45) is 2.68. The number of nitrogens with one attached hydrogen (secondary N) is 1. The van der Waals surface area contributed by atoms with Crippen LogP contribution in [0.5, 0.6) is 0 Å². The molecule has 1 aromatic rings. The van der Waals surface area contributed by atoms with Gasteiger partial charge in [-0.15, -0.1) is 0 Å². The molecule has 0 atom stereocenters. The van der Waals surface area contributed by atoms with Gasteiger partial charge in [0.15, 0.2) is 0 Å². The third kappa shape index (κ3) is 5.38. The first-order valence-electron chi connectivity index (χ1n) is 5.56. The zero-order valence-corrected chi connectivity index (χ0v) is 11.0. The molecular formula is C12H17N3O3. The lowest BCUT2D eigenvalue weighted by Crippen LogP contribution is -2.27. The summed E-state index contributed by atoms with van der Waals surface area (Å²) < 4.78 is 5.05. The van der Waals surface area contributed by atoms with E-state index in [0.29, 0.717) is 5.56 Å². The van der Waals surface area contributed by atoms with Crippen LogP contribution < -0.4 is 5.32 Å². The van der Waals surface area contributed by atoms with Gasteiger partial charge in [0, 0.05) is 18.8 Å². The van der Waals surface area contributed by atoms with E-state index in [1.165, 1.54) is 19.3 Å². The highest BCUT2D eigenvalue weighted by Crippen LogP contribution is 2.09. The standard InChI is InChI=1S/C12H17N3O3/c1-8(16)5-9-6-13-10(14-7-9)15-11(17)18-12(2,3)4/h6-7H,5H2,1-4H3,(H,13,14,15,17). The second-order valence-electron chi connectivity index (χ2n) is 4.92. The topological polar surface area (TPSA) is 81.2 Å². The fourth-order valence-corrected chi connectivity index (χ4v) is 1.19. The molecule has 0 radical (unpaired) electrons. The lowest BCUT2D eigenvalue weighted by Gasteiger charge is -2.19. The first kappa shape index (κ1) is 14.1. The van der Waals surface area contributed by atoms with Gasteiger partial charge < -0.3 is 4.74 Å². The number of carbonyl (C=O) groups excluding carboxylic acids is 2. The Morgan fingerprint density at radius 3 is 2.28 bits per heavy atom. The Morgan fingerprint density at radius 1 is 1.28 bits per heavy atom. The molecular weight excluding hydrogens is 234 g/mol. The third-order valence-corrected chi connectivity index (χ3v) is 1.77.